The Morgan fingerprint density at radius 1 is 1.43 bits per heavy atom. The molecule has 7 heteroatoms. The van der Waals surface area contributed by atoms with Crippen molar-refractivity contribution in [3.05, 3.63) is 42.7 Å². The van der Waals surface area contributed by atoms with Crippen LogP contribution in [0.25, 0.3) is 5.69 Å². The monoisotopic (exact) mass is 288 g/mol. The number of hydrogen-bond acceptors (Lipinski definition) is 4. The molecular formula is C14H16N4O3. The number of rotatable bonds is 6. The minimum atomic E-state index is -1.05. The first-order valence-electron chi connectivity index (χ1n) is 6.60. The molecule has 0 saturated heterocycles. The topological polar surface area (TPSA) is 97.1 Å². The number of nitrogens with zero attached hydrogens (tertiary/aromatic N) is 3. The van der Waals surface area contributed by atoms with E-state index in [0.717, 1.165) is 5.69 Å². The fourth-order valence-corrected chi connectivity index (χ4v) is 1.89. The molecule has 2 aromatic rings. The number of nitrogens with one attached hydrogen (secondary N) is 1. The van der Waals surface area contributed by atoms with Crippen LogP contribution in [0.4, 0.5) is 0 Å². The highest BCUT2D eigenvalue weighted by Crippen LogP contribution is 2.08. The van der Waals surface area contributed by atoms with Crippen molar-refractivity contribution >= 4 is 11.9 Å². The van der Waals surface area contributed by atoms with Crippen LogP contribution in [0.2, 0.25) is 0 Å². The van der Waals surface area contributed by atoms with Crippen LogP contribution < -0.4 is 5.32 Å². The van der Waals surface area contributed by atoms with E-state index in [1.54, 1.807) is 35.4 Å². The van der Waals surface area contributed by atoms with E-state index in [1.807, 2.05) is 6.92 Å². The van der Waals surface area contributed by atoms with Crippen LogP contribution in [0.3, 0.4) is 0 Å². The number of aromatic nitrogens is 3. The SMILES string of the molecule is CCCC(NC(=O)c1cc(-n2ccnc2)ccn1)C(=O)O. The van der Waals surface area contributed by atoms with E-state index in [-0.39, 0.29) is 5.69 Å². The van der Waals surface area contributed by atoms with Crippen LogP contribution in [-0.4, -0.2) is 37.6 Å². The van der Waals surface area contributed by atoms with E-state index >= 15 is 0 Å². The number of carboxylic acids is 1. The van der Waals surface area contributed by atoms with Crippen molar-refractivity contribution < 1.29 is 14.7 Å². The van der Waals surface area contributed by atoms with Gasteiger partial charge in [-0.3, -0.25) is 9.78 Å². The Balaban J connectivity index is 2.16. The summed E-state index contributed by atoms with van der Waals surface area (Å²) in [4.78, 5) is 31.1. The van der Waals surface area contributed by atoms with Gasteiger partial charge in [0.2, 0.25) is 0 Å². The normalized spacial score (nSPS) is 11.9. The first-order valence-corrected chi connectivity index (χ1v) is 6.60. The third-order valence-electron chi connectivity index (χ3n) is 2.96. The second-order valence-corrected chi connectivity index (χ2v) is 4.52. The Hall–Kier alpha value is -2.70. The van der Waals surface area contributed by atoms with Gasteiger partial charge in [-0.1, -0.05) is 13.3 Å². The van der Waals surface area contributed by atoms with Gasteiger partial charge >= 0.3 is 5.97 Å². The highest BCUT2D eigenvalue weighted by molar-refractivity contribution is 5.95. The van der Waals surface area contributed by atoms with Gasteiger partial charge in [0.1, 0.15) is 11.7 Å². The number of imidazole rings is 1. The van der Waals surface area contributed by atoms with Crippen molar-refractivity contribution in [3.63, 3.8) is 0 Å². The lowest BCUT2D eigenvalue weighted by Gasteiger charge is -2.13. The lowest BCUT2D eigenvalue weighted by atomic mass is 10.1. The molecule has 1 amide bonds. The molecule has 21 heavy (non-hydrogen) atoms. The second kappa shape index (κ2) is 6.65. The second-order valence-electron chi connectivity index (χ2n) is 4.52. The van der Waals surface area contributed by atoms with Crippen LogP contribution >= 0.6 is 0 Å². The standard InChI is InChI=1S/C14H16N4O3/c1-2-3-11(14(20)21)17-13(19)12-8-10(4-5-16-12)18-7-6-15-9-18/h4-9,11H,2-3H2,1H3,(H,17,19)(H,20,21). The molecule has 0 radical (unpaired) electrons. The molecule has 0 aromatic carbocycles. The molecule has 0 bridgehead atoms. The maximum Gasteiger partial charge on any atom is 0.326 e. The molecule has 2 heterocycles. The van der Waals surface area contributed by atoms with Gasteiger partial charge in [-0.25, -0.2) is 9.78 Å². The van der Waals surface area contributed by atoms with Gasteiger partial charge in [-0.2, -0.15) is 0 Å². The summed E-state index contributed by atoms with van der Waals surface area (Å²) >= 11 is 0. The third kappa shape index (κ3) is 3.65. The van der Waals surface area contributed by atoms with Gasteiger partial charge in [0.15, 0.2) is 0 Å². The van der Waals surface area contributed by atoms with Crippen molar-refractivity contribution in [2.45, 2.75) is 25.8 Å². The molecule has 7 nitrogen and oxygen atoms in total. The number of amides is 1. The summed E-state index contributed by atoms with van der Waals surface area (Å²) in [7, 11) is 0. The predicted octanol–water partition coefficient (Wildman–Crippen LogP) is 1.25. The fourth-order valence-electron chi connectivity index (χ4n) is 1.89. The molecule has 2 aromatic heterocycles. The average Bonchev–Trinajstić information content (AvgIpc) is 3.01. The molecular weight excluding hydrogens is 272 g/mol. The largest absolute Gasteiger partial charge is 0.480 e. The summed E-state index contributed by atoms with van der Waals surface area (Å²) in [5, 5.41) is 11.5. The summed E-state index contributed by atoms with van der Waals surface area (Å²) in [5.74, 6) is -1.55. The van der Waals surface area contributed by atoms with Gasteiger partial charge in [0, 0.05) is 18.6 Å². The van der Waals surface area contributed by atoms with Crippen molar-refractivity contribution in [2.24, 2.45) is 0 Å². The van der Waals surface area contributed by atoms with E-state index in [1.165, 1.54) is 6.20 Å². The Bertz CT molecular complexity index is 625. The van der Waals surface area contributed by atoms with E-state index < -0.39 is 17.9 Å². The van der Waals surface area contributed by atoms with Crippen LogP contribution in [0.15, 0.2) is 37.1 Å². The zero-order valence-corrected chi connectivity index (χ0v) is 11.6. The van der Waals surface area contributed by atoms with Crippen LogP contribution in [0, 0.1) is 0 Å². The zero-order chi connectivity index (χ0) is 15.2. The molecule has 0 fully saturated rings. The number of aliphatic carboxylic acids is 1. The average molecular weight is 288 g/mol. The third-order valence-corrected chi connectivity index (χ3v) is 2.96. The quantitative estimate of drug-likeness (QED) is 0.833. The summed E-state index contributed by atoms with van der Waals surface area (Å²) in [6, 6.07) is 2.42. The maximum absolute atomic E-state index is 12.1. The number of carbonyl (C=O) groups excluding carboxylic acids is 1. The van der Waals surface area contributed by atoms with E-state index in [4.69, 9.17) is 5.11 Å². The smallest absolute Gasteiger partial charge is 0.326 e. The Morgan fingerprint density at radius 2 is 2.24 bits per heavy atom. The van der Waals surface area contributed by atoms with Gasteiger partial charge in [-0.05, 0) is 18.6 Å². The van der Waals surface area contributed by atoms with E-state index in [9.17, 15) is 9.59 Å². The molecule has 0 aliphatic heterocycles. The molecule has 2 rings (SSSR count). The molecule has 0 aliphatic carbocycles. The molecule has 1 atom stereocenters. The number of hydrogen-bond donors (Lipinski definition) is 2. The summed E-state index contributed by atoms with van der Waals surface area (Å²) in [6.07, 6.45) is 7.52. The van der Waals surface area contributed by atoms with Gasteiger partial charge in [0.05, 0.1) is 12.0 Å². The van der Waals surface area contributed by atoms with E-state index in [0.29, 0.717) is 12.8 Å². The predicted molar refractivity (Wildman–Crippen MR) is 75.2 cm³/mol. The van der Waals surface area contributed by atoms with Gasteiger partial charge in [0.25, 0.3) is 5.91 Å². The Kier molecular flexibility index (Phi) is 4.65. The maximum atomic E-state index is 12.1. The molecule has 110 valence electrons. The highest BCUT2D eigenvalue weighted by atomic mass is 16.4. The number of pyridine rings is 1. The summed E-state index contributed by atoms with van der Waals surface area (Å²) in [5.41, 5.74) is 0.901. The number of carboxylic acid groups (broad SMARTS) is 1. The van der Waals surface area contributed by atoms with Crippen LogP contribution in [-0.2, 0) is 4.79 Å². The minimum Gasteiger partial charge on any atom is -0.480 e. The Labute approximate surface area is 121 Å². The van der Waals surface area contributed by atoms with Crippen LogP contribution in [0.5, 0.6) is 0 Å². The first kappa shape index (κ1) is 14.7. The molecule has 0 aliphatic rings. The molecule has 1 unspecified atom stereocenters. The number of carbonyl (C=O) groups is 2. The zero-order valence-electron chi connectivity index (χ0n) is 11.6. The lowest BCUT2D eigenvalue weighted by Crippen LogP contribution is -2.41. The lowest BCUT2D eigenvalue weighted by molar-refractivity contribution is -0.139. The minimum absolute atomic E-state index is 0.170. The van der Waals surface area contributed by atoms with Gasteiger partial charge < -0.3 is 15.0 Å². The van der Waals surface area contributed by atoms with Crippen molar-refractivity contribution in [1.29, 1.82) is 0 Å². The fraction of sp³-hybridized carbons (Fsp3) is 0.286. The summed E-state index contributed by atoms with van der Waals surface area (Å²) in [6.45, 7) is 1.86. The van der Waals surface area contributed by atoms with Crippen molar-refractivity contribution in [2.75, 3.05) is 0 Å². The first-order chi connectivity index (χ1) is 10.1. The van der Waals surface area contributed by atoms with Crippen molar-refractivity contribution in [3.8, 4) is 5.69 Å². The van der Waals surface area contributed by atoms with Crippen molar-refractivity contribution in [1.82, 2.24) is 19.9 Å². The summed E-state index contributed by atoms with van der Waals surface area (Å²) < 4.78 is 1.74. The van der Waals surface area contributed by atoms with Gasteiger partial charge in [-0.15, -0.1) is 0 Å². The highest BCUT2D eigenvalue weighted by Gasteiger charge is 2.20. The molecule has 0 spiro atoms. The van der Waals surface area contributed by atoms with Crippen LogP contribution in [0.1, 0.15) is 30.3 Å². The van der Waals surface area contributed by atoms with E-state index in [2.05, 4.69) is 15.3 Å². The molecule has 0 saturated carbocycles. The Morgan fingerprint density at radius 3 is 2.86 bits per heavy atom. The molecule has 2 N–H and O–H groups in total.